The zero-order valence-corrected chi connectivity index (χ0v) is 17.0. The van der Waals surface area contributed by atoms with Crippen molar-refractivity contribution in [3.8, 4) is 5.75 Å². The third-order valence-electron chi connectivity index (χ3n) is 5.07. The molecule has 4 aromatic rings. The maximum absolute atomic E-state index is 12.9. The third-order valence-corrected chi connectivity index (χ3v) is 5.07. The van der Waals surface area contributed by atoms with E-state index in [1.54, 1.807) is 7.11 Å². The van der Waals surface area contributed by atoms with E-state index in [0.717, 1.165) is 39.9 Å². The van der Waals surface area contributed by atoms with E-state index in [1.807, 2.05) is 59.3 Å². The minimum absolute atomic E-state index is 0.0376. The zero-order chi connectivity index (χ0) is 20.4. The van der Waals surface area contributed by atoms with Crippen molar-refractivity contribution < 1.29 is 9.53 Å². The molecule has 0 saturated carbocycles. The Hall–Kier alpha value is -3.28. The molecule has 0 bridgehead atoms. The maximum atomic E-state index is 12.9. The Morgan fingerprint density at radius 2 is 2.03 bits per heavy atom. The summed E-state index contributed by atoms with van der Waals surface area (Å²) in [5.41, 5.74) is 2.90. The van der Waals surface area contributed by atoms with Gasteiger partial charge in [0.1, 0.15) is 18.1 Å². The van der Waals surface area contributed by atoms with Crippen LogP contribution < -0.4 is 10.1 Å². The van der Waals surface area contributed by atoms with Gasteiger partial charge in [0.05, 0.1) is 24.2 Å². The molecule has 0 saturated heterocycles. The number of H-pyrrole nitrogens is 1. The molecule has 2 aromatic heterocycles. The van der Waals surface area contributed by atoms with Gasteiger partial charge < -0.3 is 19.6 Å². The first-order valence-corrected chi connectivity index (χ1v) is 9.90. The minimum atomic E-state index is -0.156. The lowest BCUT2D eigenvalue weighted by atomic mass is 10.0. The molecule has 2 N–H and O–H groups in total. The summed E-state index contributed by atoms with van der Waals surface area (Å²) in [6.07, 6.45) is 2.75. The van der Waals surface area contributed by atoms with Gasteiger partial charge in [-0.25, -0.2) is 4.98 Å². The maximum Gasteiger partial charge on any atom is 0.240 e. The van der Waals surface area contributed by atoms with Crippen LogP contribution in [0, 0.1) is 5.92 Å². The van der Waals surface area contributed by atoms with E-state index in [1.165, 1.54) is 0 Å². The molecule has 0 spiro atoms. The Balaban J connectivity index is 1.53. The van der Waals surface area contributed by atoms with Crippen LogP contribution in [0.3, 0.4) is 0 Å². The topological polar surface area (TPSA) is 71.9 Å². The van der Waals surface area contributed by atoms with Crippen LogP contribution in [0.15, 0.2) is 54.7 Å². The van der Waals surface area contributed by atoms with E-state index in [4.69, 9.17) is 9.72 Å². The number of hydrogen-bond donors (Lipinski definition) is 2. The van der Waals surface area contributed by atoms with Gasteiger partial charge in [-0.3, -0.25) is 4.79 Å². The van der Waals surface area contributed by atoms with Gasteiger partial charge in [-0.05, 0) is 48.7 Å². The number of benzene rings is 2. The third kappa shape index (κ3) is 4.11. The number of aromatic amines is 1. The molecule has 1 unspecified atom stereocenters. The van der Waals surface area contributed by atoms with Crippen molar-refractivity contribution in [2.75, 3.05) is 7.11 Å². The van der Waals surface area contributed by atoms with E-state index >= 15 is 0 Å². The van der Waals surface area contributed by atoms with Crippen molar-refractivity contribution in [3.63, 3.8) is 0 Å². The molecule has 29 heavy (non-hydrogen) atoms. The summed E-state index contributed by atoms with van der Waals surface area (Å²) < 4.78 is 7.23. The molecule has 1 amide bonds. The standard InChI is InChI=1S/C23H26N4O2/c1-15(2)12-20(23-25-18-6-4-5-7-19(18)26-23)24-22(28)14-27-11-10-16-13-17(29-3)8-9-21(16)27/h4-11,13,15,20H,12,14H2,1-3H3,(H,24,28)(H,25,26). The van der Waals surface area contributed by atoms with Crippen LogP contribution in [0.5, 0.6) is 5.75 Å². The van der Waals surface area contributed by atoms with Crippen LogP contribution >= 0.6 is 0 Å². The van der Waals surface area contributed by atoms with Crippen LogP contribution in [-0.4, -0.2) is 27.6 Å². The average molecular weight is 390 g/mol. The number of amides is 1. The Labute approximate surface area is 169 Å². The Kier molecular flexibility index (Phi) is 5.25. The van der Waals surface area contributed by atoms with Gasteiger partial charge in [-0.1, -0.05) is 26.0 Å². The lowest BCUT2D eigenvalue weighted by Gasteiger charge is -2.19. The first-order valence-electron chi connectivity index (χ1n) is 9.90. The van der Waals surface area contributed by atoms with Gasteiger partial charge in [0.2, 0.25) is 5.91 Å². The van der Waals surface area contributed by atoms with Gasteiger partial charge in [-0.2, -0.15) is 0 Å². The van der Waals surface area contributed by atoms with Crippen molar-refractivity contribution in [1.29, 1.82) is 0 Å². The van der Waals surface area contributed by atoms with Crippen LogP contribution in [0.1, 0.15) is 32.1 Å². The number of nitrogens with zero attached hydrogens (tertiary/aromatic N) is 2. The summed E-state index contributed by atoms with van der Waals surface area (Å²) in [5.74, 6) is 2.00. The molecule has 0 aliphatic carbocycles. The number of ether oxygens (including phenoxy) is 1. The molecule has 2 heterocycles. The number of fused-ring (bicyclic) bond motifs is 2. The number of carbonyl (C=O) groups is 1. The number of nitrogens with one attached hydrogen (secondary N) is 2. The first-order chi connectivity index (χ1) is 14.0. The Bertz CT molecular complexity index is 1110. The molecule has 150 valence electrons. The summed E-state index contributed by atoms with van der Waals surface area (Å²) in [5, 5.41) is 4.22. The highest BCUT2D eigenvalue weighted by molar-refractivity contribution is 5.84. The molecule has 2 aromatic carbocycles. The number of aromatic nitrogens is 3. The second-order valence-corrected chi connectivity index (χ2v) is 7.76. The smallest absolute Gasteiger partial charge is 0.240 e. The van der Waals surface area contributed by atoms with Crippen LogP contribution in [0.4, 0.5) is 0 Å². The van der Waals surface area contributed by atoms with E-state index < -0.39 is 0 Å². The average Bonchev–Trinajstić information content (AvgIpc) is 3.31. The van der Waals surface area contributed by atoms with E-state index in [0.29, 0.717) is 5.92 Å². The van der Waals surface area contributed by atoms with Gasteiger partial charge in [-0.15, -0.1) is 0 Å². The Morgan fingerprint density at radius 1 is 1.21 bits per heavy atom. The van der Waals surface area contributed by atoms with Gasteiger partial charge in [0.25, 0.3) is 0 Å². The summed E-state index contributed by atoms with van der Waals surface area (Å²) in [7, 11) is 1.65. The fourth-order valence-corrected chi connectivity index (χ4v) is 3.69. The zero-order valence-electron chi connectivity index (χ0n) is 17.0. The van der Waals surface area contributed by atoms with E-state index in [9.17, 15) is 4.79 Å². The highest BCUT2D eigenvalue weighted by Crippen LogP contribution is 2.24. The molecule has 0 aliphatic heterocycles. The number of hydrogen-bond acceptors (Lipinski definition) is 3. The number of methoxy groups -OCH3 is 1. The predicted molar refractivity (Wildman–Crippen MR) is 115 cm³/mol. The second kappa shape index (κ2) is 7.99. The van der Waals surface area contributed by atoms with E-state index in [2.05, 4.69) is 24.1 Å². The van der Waals surface area contributed by atoms with Crippen molar-refractivity contribution in [2.24, 2.45) is 5.92 Å². The molecule has 0 radical (unpaired) electrons. The molecular formula is C23H26N4O2. The molecule has 6 heteroatoms. The fourth-order valence-electron chi connectivity index (χ4n) is 3.69. The molecule has 0 fully saturated rings. The van der Waals surface area contributed by atoms with Crippen LogP contribution in [-0.2, 0) is 11.3 Å². The van der Waals surface area contributed by atoms with Crippen LogP contribution in [0.25, 0.3) is 21.9 Å². The lowest BCUT2D eigenvalue weighted by molar-refractivity contribution is -0.122. The summed E-state index contributed by atoms with van der Waals surface area (Å²) in [6.45, 7) is 4.55. The minimum Gasteiger partial charge on any atom is -0.497 e. The molecular weight excluding hydrogens is 364 g/mol. The monoisotopic (exact) mass is 390 g/mol. The Morgan fingerprint density at radius 3 is 2.79 bits per heavy atom. The van der Waals surface area contributed by atoms with Crippen molar-refractivity contribution >= 4 is 27.8 Å². The number of imidazole rings is 1. The SMILES string of the molecule is COc1ccc2c(ccn2CC(=O)NC(CC(C)C)c2nc3ccccc3[nH]2)c1. The molecule has 1 atom stereocenters. The number of carbonyl (C=O) groups excluding carboxylic acids is 1. The molecule has 4 rings (SSSR count). The lowest BCUT2D eigenvalue weighted by Crippen LogP contribution is -2.32. The largest absolute Gasteiger partial charge is 0.497 e. The number of para-hydroxylation sites is 2. The predicted octanol–water partition coefficient (Wildman–Crippen LogP) is 4.43. The molecule has 6 nitrogen and oxygen atoms in total. The van der Waals surface area contributed by atoms with Gasteiger partial charge in [0, 0.05) is 17.1 Å². The second-order valence-electron chi connectivity index (χ2n) is 7.76. The summed E-state index contributed by atoms with van der Waals surface area (Å²) >= 11 is 0. The van der Waals surface area contributed by atoms with Crippen molar-refractivity contribution in [2.45, 2.75) is 32.9 Å². The normalized spacial score (nSPS) is 12.6. The number of rotatable bonds is 7. The van der Waals surface area contributed by atoms with Crippen LogP contribution in [0.2, 0.25) is 0 Å². The van der Waals surface area contributed by atoms with Gasteiger partial charge in [0.15, 0.2) is 0 Å². The first kappa shape index (κ1) is 19.1. The quantitative estimate of drug-likeness (QED) is 0.490. The van der Waals surface area contributed by atoms with Crippen molar-refractivity contribution in [3.05, 3.63) is 60.6 Å². The molecule has 0 aliphatic rings. The van der Waals surface area contributed by atoms with Gasteiger partial charge >= 0.3 is 0 Å². The van der Waals surface area contributed by atoms with E-state index in [-0.39, 0.29) is 18.5 Å². The summed E-state index contributed by atoms with van der Waals surface area (Å²) in [4.78, 5) is 20.9. The van der Waals surface area contributed by atoms with Crippen molar-refractivity contribution in [1.82, 2.24) is 19.9 Å². The highest BCUT2D eigenvalue weighted by atomic mass is 16.5. The fraction of sp³-hybridized carbons (Fsp3) is 0.304. The highest BCUT2D eigenvalue weighted by Gasteiger charge is 2.20. The summed E-state index contributed by atoms with van der Waals surface area (Å²) in [6, 6.07) is 15.6.